The summed E-state index contributed by atoms with van der Waals surface area (Å²) < 4.78 is 5.09. The molecule has 2 aromatic rings. The van der Waals surface area contributed by atoms with E-state index in [2.05, 4.69) is 15.6 Å². The van der Waals surface area contributed by atoms with Crippen LogP contribution in [0.25, 0.3) is 0 Å². The Balaban J connectivity index is 1.59. The molecule has 1 heterocycles. The number of halogens is 1. The summed E-state index contributed by atoms with van der Waals surface area (Å²) in [7, 11) is 1.52. The van der Waals surface area contributed by atoms with E-state index in [1.54, 1.807) is 18.2 Å². The molecular formula is C20H20ClN3O3S. The van der Waals surface area contributed by atoms with Gasteiger partial charge in [-0.2, -0.15) is 0 Å². The smallest absolute Gasteiger partial charge is 0.240 e. The third kappa shape index (κ3) is 5.05. The Morgan fingerprint density at radius 2 is 2.07 bits per heavy atom. The molecule has 146 valence electrons. The van der Waals surface area contributed by atoms with E-state index < -0.39 is 5.25 Å². The second-order valence-electron chi connectivity index (χ2n) is 6.22. The Labute approximate surface area is 172 Å². The Morgan fingerprint density at radius 3 is 2.75 bits per heavy atom. The van der Waals surface area contributed by atoms with Crippen LogP contribution in [0.4, 0.5) is 5.69 Å². The highest BCUT2D eigenvalue weighted by Crippen LogP contribution is 2.29. The van der Waals surface area contributed by atoms with E-state index in [4.69, 9.17) is 16.3 Å². The van der Waals surface area contributed by atoms with Crippen LogP contribution in [0.2, 0.25) is 5.02 Å². The van der Waals surface area contributed by atoms with Crippen molar-refractivity contribution in [2.45, 2.75) is 24.6 Å². The summed E-state index contributed by atoms with van der Waals surface area (Å²) in [5.41, 5.74) is 1.60. The van der Waals surface area contributed by atoms with Crippen LogP contribution in [0.5, 0.6) is 5.75 Å². The fourth-order valence-electron chi connectivity index (χ4n) is 2.71. The first kappa shape index (κ1) is 20.2. The summed E-state index contributed by atoms with van der Waals surface area (Å²) in [6.45, 7) is 1.96. The maximum atomic E-state index is 12.3. The van der Waals surface area contributed by atoms with Crippen LogP contribution in [0.1, 0.15) is 24.9 Å². The summed E-state index contributed by atoms with van der Waals surface area (Å²) in [6, 6.07) is 14.7. The van der Waals surface area contributed by atoms with Gasteiger partial charge in [0, 0.05) is 12.1 Å². The number of carbonyl (C=O) groups is 2. The fourth-order valence-corrected chi connectivity index (χ4v) is 4.01. The normalized spacial score (nSPS) is 18.6. The molecule has 0 radical (unpaired) electrons. The van der Waals surface area contributed by atoms with Gasteiger partial charge >= 0.3 is 0 Å². The maximum absolute atomic E-state index is 12.3. The number of thioether (sulfide) groups is 1. The summed E-state index contributed by atoms with van der Waals surface area (Å²) in [5, 5.41) is 5.92. The molecule has 6 nitrogen and oxygen atoms in total. The average Bonchev–Trinajstić information content (AvgIpc) is 3.01. The van der Waals surface area contributed by atoms with Crippen molar-refractivity contribution in [2.24, 2.45) is 4.99 Å². The highest BCUT2D eigenvalue weighted by molar-refractivity contribution is 8.15. The first-order chi connectivity index (χ1) is 13.5. The lowest BCUT2D eigenvalue weighted by Crippen LogP contribution is -2.28. The van der Waals surface area contributed by atoms with Gasteiger partial charge in [-0.25, -0.2) is 0 Å². The van der Waals surface area contributed by atoms with Crippen LogP contribution >= 0.6 is 23.4 Å². The van der Waals surface area contributed by atoms with Gasteiger partial charge in [0.2, 0.25) is 11.8 Å². The van der Waals surface area contributed by atoms with Gasteiger partial charge < -0.3 is 15.4 Å². The van der Waals surface area contributed by atoms with Crippen molar-refractivity contribution in [1.29, 1.82) is 0 Å². The summed E-state index contributed by atoms with van der Waals surface area (Å²) >= 11 is 7.34. The third-order valence-electron chi connectivity index (χ3n) is 4.18. The number of amides is 2. The number of aliphatic imine (C=N–C) groups is 1. The van der Waals surface area contributed by atoms with Gasteiger partial charge in [-0.15, -0.1) is 0 Å². The summed E-state index contributed by atoms with van der Waals surface area (Å²) in [5.74, 6) is 0.0388. The van der Waals surface area contributed by atoms with Crippen molar-refractivity contribution in [3.8, 4) is 5.75 Å². The van der Waals surface area contributed by atoms with E-state index in [1.165, 1.54) is 18.9 Å². The van der Waals surface area contributed by atoms with Gasteiger partial charge in [-0.1, -0.05) is 53.7 Å². The van der Waals surface area contributed by atoms with Crippen molar-refractivity contribution in [3.63, 3.8) is 0 Å². The van der Waals surface area contributed by atoms with Crippen LogP contribution in [0, 0.1) is 0 Å². The number of amidine groups is 1. The second-order valence-corrected chi connectivity index (χ2v) is 7.82. The highest BCUT2D eigenvalue weighted by atomic mass is 35.5. The number of anilines is 1. The summed E-state index contributed by atoms with van der Waals surface area (Å²) in [4.78, 5) is 29.1. The number of carbonyl (C=O) groups excluding carboxylic acids is 2. The minimum Gasteiger partial charge on any atom is -0.495 e. The molecule has 2 N–H and O–H groups in total. The van der Waals surface area contributed by atoms with Gasteiger partial charge in [0.15, 0.2) is 5.17 Å². The molecule has 1 aliphatic rings. The van der Waals surface area contributed by atoms with Crippen LogP contribution in [-0.2, 0) is 9.59 Å². The molecule has 0 spiro atoms. The molecule has 0 aliphatic carbocycles. The number of nitrogens with zero attached hydrogens (tertiary/aromatic N) is 1. The predicted octanol–water partition coefficient (Wildman–Crippen LogP) is 4.03. The second kappa shape index (κ2) is 9.12. The van der Waals surface area contributed by atoms with Crippen LogP contribution < -0.4 is 15.4 Å². The molecule has 2 amide bonds. The SMILES string of the molecule is COc1ccc(NC(=O)C[C@@H]2SC(=N[C@@H](C)c3ccccc3)NC2=O)cc1Cl. The molecule has 2 aromatic carbocycles. The van der Waals surface area contributed by atoms with Gasteiger partial charge in [0.05, 0.1) is 18.2 Å². The Kier molecular flexibility index (Phi) is 6.59. The van der Waals surface area contributed by atoms with Crippen LogP contribution in [0.15, 0.2) is 53.5 Å². The standard InChI is InChI=1S/C20H20ClN3O3S/c1-12(13-6-4-3-5-7-13)22-20-24-19(26)17(28-20)11-18(25)23-14-8-9-16(27-2)15(21)10-14/h3-10,12,17H,11H2,1-2H3,(H,23,25)(H,22,24,26)/t12-,17-/m0/s1. The van der Waals surface area contributed by atoms with Crippen LogP contribution in [-0.4, -0.2) is 29.3 Å². The van der Waals surface area contributed by atoms with Crippen molar-refractivity contribution in [2.75, 3.05) is 12.4 Å². The zero-order valence-corrected chi connectivity index (χ0v) is 17.0. The van der Waals surface area contributed by atoms with E-state index in [0.29, 0.717) is 21.6 Å². The van der Waals surface area contributed by atoms with Crippen LogP contribution in [0.3, 0.4) is 0 Å². The third-order valence-corrected chi connectivity index (χ3v) is 5.57. The monoisotopic (exact) mass is 417 g/mol. The predicted molar refractivity (Wildman–Crippen MR) is 113 cm³/mol. The molecular weight excluding hydrogens is 398 g/mol. The van der Waals surface area contributed by atoms with E-state index in [-0.39, 0.29) is 24.3 Å². The van der Waals surface area contributed by atoms with Gasteiger partial charge in [-0.05, 0) is 30.7 Å². The van der Waals surface area contributed by atoms with E-state index in [0.717, 1.165) is 5.56 Å². The van der Waals surface area contributed by atoms with E-state index >= 15 is 0 Å². The van der Waals surface area contributed by atoms with Crippen molar-refractivity contribution >= 4 is 46.0 Å². The molecule has 1 fully saturated rings. The Bertz CT molecular complexity index is 905. The lowest BCUT2D eigenvalue weighted by Gasteiger charge is -2.09. The quantitative estimate of drug-likeness (QED) is 0.743. The number of hydrogen-bond donors (Lipinski definition) is 2. The van der Waals surface area contributed by atoms with Crippen molar-refractivity contribution in [1.82, 2.24) is 5.32 Å². The van der Waals surface area contributed by atoms with Crippen molar-refractivity contribution < 1.29 is 14.3 Å². The molecule has 0 aromatic heterocycles. The largest absolute Gasteiger partial charge is 0.495 e. The highest BCUT2D eigenvalue weighted by Gasteiger charge is 2.32. The summed E-state index contributed by atoms with van der Waals surface area (Å²) in [6.07, 6.45) is 0.0406. The van der Waals surface area contributed by atoms with E-state index in [1.807, 2.05) is 37.3 Å². The minimum absolute atomic E-state index is 0.0406. The average molecular weight is 418 g/mol. The number of methoxy groups -OCH3 is 1. The molecule has 0 bridgehead atoms. The number of benzene rings is 2. The molecule has 0 saturated carbocycles. The lowest BCUT2D eigenvalue weighted by molar-refractivity contribution is -0.122. The molecule has 3 rings (SSSR count). The van der Waals surface area contributed by atoms with Gasteiger partial charge in [0.1, 0.15) is 11.0 Å². The fraction of sp³-hybridized carbons (Fsp3) is 0.250. The number of rotatable bonds is 6. The van der Waals surface area contributed by atoms with Gasteiger partial charge in [0.25, 0.3) is 0 Å². The Morgan fingerprint density at radius 1 is 1.32 bits per heavy atom. The molecule has 0 unspecified atom stereocenters. The molecule has 1 saturated heterocycles. The van der Waals surface area contributed by atoms with Crippen molar-refractivity contribution in [3.05, 3.63) is 59.1 Å². The number of ether oxygens (including phenoxy) is 1. The first-order valence-corrected chi connectivity index (χ1v) is 9.95. The van der Waals surface area contributed by atoms with E-state index in [9.17, 15) is 9.59 Å². The molecule has 2 atom stereocenters. The number of hydrogen-bond acceptors (Lipinski definition) is 5. The lowest BCUT2D eigenvalue weighted by atomic mass is 10.1. The topological polar surface area (TPSA) is 79.8 Å². The number of nitrogens with one attached hydrogen (secondary N) is 2. The molecule has 8 heteroatoms. The Hall–Kier alpha value is -2.51. The molecule has 28 heavy (non-hydrogen) atoms. The van der Waals surface area contributed by atoms with Gasteiger partial charge in [-0.3, -0.25) is 14.6 Å². The first-order valence-electron chi connectivity index (χ1n) is 8.70. The zero-order valence-electron chi connectivity index (χ0n) is 15.4. The minimum atomic E-state index is -0.518. The zero-order chi connectivity index (χ0) is 20.1. The maximum Gasteiger partial charge on any atom is 0.240 e. The molecule has 1 aliphatic heterocycles.